The third kappa shape index (κ3) is 4.11. The van der Waals surface area contributed by atoms with E-state index in [1.54, 1.807) is 12.1 Å². The Kier molecular flexibility index (Phi) is 6.30. The van der Waals surface area contributed by atoms with Gasteiger partial charge in [-0.3, -0.25) is 0 Å². The van der Waals surface area contributed by atoms with Gasteiger partial charge >= 0.3 is 0 Å². The highest BCUT2D eigenvalue weighted by Gasteiger charge is 2.26. The second kappa shape index (κ2) is 11.2. The Hall–Kier alpha value is -8.10. The molecule has 0 amide bonds. The number of hydrogen-bond acceptors (Lipinski definition) is 3. The van der Waals surface area contributed by atoms with Crippen molar-refractivity contribution in [3.8, 4) is 34.6 Å². The summed E-state index contributed by atoms with van der Waals surface area (Å²) in [7, 11) is 0. The van der Waals surface area contributed by atoms with E-state index in [2.05, 4.69) is 56.7 Å². The molecule has 3 aromatic heterocycles. The van der Waals surface area contributed by atoms with E-state index in [9.17, 15) is 10.5 Å². The average molecular weight is 675 g/mol. The van der Waals surface area contributed by atoms with Crippen molar-refractivity contribution in [1.29, 1.82) is 10.5 Å². The van der Waals surface area contributed by atoms with Crippen molar-refractivity contribution >= 4 is 76.9 Å². The van der Waals surface area contributed by atoms with Crippen molar-refractivity contribution in [3.63, 3.8) is 0 Å². The summed E-state index contributed by atoms with van der Waals surface area (Å²) < 4.78 is 10.7. The van der Waals surface area contributed by atoms with E-state index in [1.807, 2.05) is 95.6 Å². The fraction of sp³-hybridized carbons (Fsp3) is 0. The molecule has 7 nitrogen and oxygen atoms in total. The molecule has 0 aliphatic heterocycles. The van der Waals surface area contributed by atoms with Crippen molar-refractivity contribution in [2.45, 2.75) is 0 Å². The lowest BCUT2D eigenvalue weighted by atomic mass is 9.95. The Morgan fingerprint density at radius 2 is 1.17 bits per heavy atom. The Bertz CT molecular complexity index is 3350. The predicted molar refractivity (Wildman–Crippen MR) is 210 cm³/mol. The molecule has 0 bridgehead atoms. The summed E-state index contributed by atoms with van der Waals surface area (Å²) in [6.45, 7) is 16.5. The largest absolute Gasteiger partial charge is 0.455 e. The van der Waals surface area contributed by atoms with Gasteiger partial charge in [-0.05, 0) is 71.8 Å². The third-order valence-corrected chi connectivity index (χ3v) is 10.2. The smallest absolute Gasteiger partial charge is 0.219 e. The lowest BCUT2D eigenvalue weighted by molar-refractivity contribution is 0.673. The van der Waals surface area contributed by atoms with Gasteiger partial charge in [0.1, 0.15) is 11.2 Å². The molecular weight excluding hydrogens is 653 g/mol. The van der Waals surface area contributed by atoms with E-state index < -0.39 is 0 Å². The van der Waals surface area contributed by atoms with Crippen molar-refractivity contribution < 1.29 is 4.42 Å². The number of rotatable bonds is 3. The summed E-state index contributed by atoms with van der Waals surface area (Å²) in [6, 6.07) is 48.1. The average Bonchev–Trinajstić information content (AvgIpc) is 3.87. The molecule has 0 aliphatic rings. The molecule has 0 unspecified atom stereocenters. The number of aromatic nitrogens is 2. The quantitative estimate of drug-likeness (QED) is 0.175. The second-order valence-electron chi connectivity index (χ2n) is 12.9. The molecule has 0 saturated heterocycles. The molecule has 0 radical (unpaired) electrons. The first kappa shape index (κ1) is 29.8. The SMILES string of the molecule is [C-]#[N+]c1c(C#N)cc(-c2cc(C#N)cc(-n3c4ccccc4c4c5oc6ccccc6c5ccc43)c2)c(-n2c3ccccc3c3ccccc32)c1[N+]#[C-]. The molecule has 7 heteroatoms. The number of hydrogen-bond donors (Lipinski definition) is 0. The fourth-order valence-corrected chi connectivity index (χ4v) is 8.04. The normalized spacial score (nSPS) is 11.3. The third-order valence-electron chi connectivity index (χ3n) is 10.2. The van der Waals surface area contributed by atoms with Crippen molar-refractivity contribution in [2.75, 3.05) is 0 Å². The van der Waals surface area contributed by atoms with Crippen LogP contribution in [-0.2, 0) is 0 Å². The van der Waals surface area contributed by atoms with Gasteiger partial charge in [0.15, 0.2) is 0 Å². The van der Waals surface area contributed by atoms with Crippen molar-refractivity contribution in [3.05, 3.63) is 167 Å². The lowest BCUT2D eigenvalue weighted by Gasteiger charge is -2.19. The van der Waals surface area contributed by atoms with E-state index in [-0.39, 0.29) is 16.9 Å². The van der Waals surface area contributed by atoms with Gasteiger partial charge in [0.25, 0.3) is 0 Å². The standard InChI is InChI=1S/C46H22N6O/c1-49-43-29(26-48)24-36(45(44(43)50-2)52-37-15-7-3-11-31(37)32-12-4-8-16-38(32)52)28-21-27(25-47)22-30(23-28)51-39-17-9-5-14-35(39)42-40(51)20-19-34-33-13-6-10-18-41(33)53-46(34)42/h3-24H. The molecule has 10 rings (SSSR count). The zero-order valence-electron chi connectivity index (χ0n) is 27.8. The molecular formula is C46H22N6O. The van der Waals surface area contributed by atoms with Crippen LogP contribution < -0.4 is 0 Å². The Labute approximate surface area is 302 Å². The molecule has 53 heavy (non-hydrogen) atoms. The monoisotopic (exact) mass is 674 g/mol. The minimum absolute atomic E-state index is 0.00276. The first-order valence-corrected chi connectivity index (χ1v) is 16.9. The maximum atomic E-state index is 10.5. The lowest BCUT2D eigenvalue weighted by Crippen LogP contribution is -2.01. The number of benzene rings is 7. The van der Waals surface area contributed by atoms with Crippen LogP contribution in [0, 0.1) is 35.8 Å². The van der Waals surface area contributed by atoms with Crippen LogP contribution in [0.15, 0.2) is 138 Å². The molecule has 3 heterocycles. The molecule has 242 valence electrons. The summed E-state index contributed by atoms with van der Waals surface area (Å²) >= 11 is 0. The molecule has 0 saturated carbocycles. The van der Waals surface area contributed by atoms with Crippen LogP contribution in [-0.4, -0.2) is 9.13 Å². The minimum Gasteiger partial charge on any atom is -0.455 e. The van der Waals surface area contributed by atoms with Gasteiger partial charge in [-0.2, -0.15) is 10.5 Å². The van der Waals surface area contributed by atoms with Crippen LogP contribution >= 0.6 is 0 Å². The Balaban J connectivity index is 1.33. The summed E-state index contributed by atoms with van der Waals surface area (Å²) in [6.07, 6.45) is 0. The first-order valence-electron chi connectivity index (χ1n) is 16.9. The summed E-state index contributed by atoms with van der Waals surface area (Å²) in [5, 5.41) is 26.8. The zero-order valence-corrected chi connectivity index (χ0v) is 27.8. The van der Waals surface area contributed by atoms with E-state index >= 15 is 0 Å². The Morgan fingerprint density at radius 3 is 1.83 bits per heavy atom. The number of furan rings is 1. The highest BCUT2D eigenvalue weighted by atomic mass is 16.3. The molecule has 0 fully saturated rings. The first-order chi connectivity index (χ1) is 26.1. The van der Waals surface area contributed by atoms with Crippen LogP contribution in [0.1, 0.15) is 11.1 Å². The van der Waals surface area contributed by atoms with Crippen LogP contribution in [0.5, 0.6) is 0 Å². The summed E-state index contributed by atoms with van der Waals surface area (Å²) in [4.78, 5) is 7.65. The predicted octanol–water partition coefficient (Wildman–Crippen LogP) is 12.3. The van der Waals surface area contributed by atoms with Crippen molar-refractivity contribution in [1.82, 2.24) is 9.13 Å². The van der Waals surface area contributed by atoms with Gasteiger partial charge in [-0.15, -0.1) is 0 Å². The van der Waals surface area contributed by atoms with Crippen LogP contribution in [0.3, 0.4) is 0 Å². The molecule has 7 aromatic carbocycles. The maximum Gasteiger partial charge on any atom is 0.219 e. The number of nitriles is 2. The second-order valence-corrected chi connectivity index (χ2v) is 12.9. The molecule has 0 atom stereocenters. The zero-order chi connectivity index (χ0) is 35.8. The van der Waals surface area contributed by atoms with Gasteiger partial charge in [-0.1, -0.05) is 72.8 Å². The van der Waals surface area contributed by atoms with Crippen LogP contribution in [0.2, 0.25) is 0 Å². The Morgan fingerprint density at radius 1 is 0.547 bits per heavy atom. The van der Waals surface area contributed by atoms with Gasteiger partial charge in [0.05, 0.1) is 58.3 Å². The van der Waals surface area contributed by atoms with Gasteiger partial charge in [-0.25, -0.2) is 9.69 Å². The molecule has 0 N–H and O–H groups in total. The van der Waals surface area contributed by atoms with Gasteiger partial charge in [0, 0.05) is 43.9 Å². The number of fused-ring (bicyclic) bond motifs is 10. The minimum atomic E-state index is -0.00276. The molecule has 0 aliphatic carbocycles. The van der Waals surface area contributed by atoms with Crippen LogP contribution in [0.25, 0.3) is 97.7 Å². The van der Waals surface area contributed by atoms with E-state index in [4.69, 9.17) is 17.6 Å². The van der Waals surface area contributed by atoms with E-state index in [0.29, 0.717) is 22.4 Å². The van der Waals surface area contributed by atoms with Crippen molar-refractivity contribution in [2.24, 2.45) is 0 Å². The highest BCUT2D eigenvalue weighted by Crippen LogP contribution is 2.48. The molecule has 0 spiro atoms. The maximum absolute atomic E-state index is 10.5. The van der Waals surface area contributed by atoms with E-state index in [1.165, 1.54) is 0 Å². The topological polar surface area (TPSA) is 79.3 Å². The number of nitrogens with zero attached hydrogens (tertiary/aromatic N) is 6. The van der Waals surface area contributed by atoms with Crippen LogP contribution in [0.4, 0.5) is 11.4 Å². The number of para-hydroxylation sites is 4. The summed E-state index contributed by atoms with van der Waals surface area (Å²) in [5.41, 5.74) is 8.12. The highest BCUT2D eigenvalue weighted by molar-refractivity contribution is 6.24. The van der Waals surface area contributed by atoms with E-state index in [0.717, 1.165) is 71.2 Å². The fourth-order valence-electron chi connectivity index (χ4n) is 8.04. The van der Waals surface area contributed by atoms with Gasteiger partial charge in [0.2, 0.25) is 11.4 Å². The van der Waals surface area contributed by atoms with Gasteiger partial charge < -0.3 is 13.6 Å². The summed E-state index contributed by atoms with van der Waals surface area (Å²) in [5.74, 6) is 0. The molecule has 10 aromatic rings.